The number of benzene rings is 1. The Hall–Kier alpha value is -2.89. The van der Waals surface area contributed by atoms with E-state index in [1.807, 2.05) is 35.0 Å². The third-order valence-corrected chi connectivity index (χ3v) is 4.89. The monoisotopic (exact) mass is 337 g/mol. The van der Waals surface area contributed by atoms with E-state index in [0.717, 1.165) is 31.4 Å². The quantitative estimate of drug-likeness (QED) is 0.795. The Morgan fingerprint density at radius 3 is 2.52 bits per heavy atom. The summed E-state index contributed by atoms with van der Waals surface area (Å²) >= 11 is 0. The van der Waals surface area contributed by atoms with Crippen molar-refractivity contribution in [3.63, 3.8) is 0 Å². The summed E-state index contributed by atoms with van der Waals surface area (Å²) in [5, 5.41) is 9.58. The lowest BCUT2D eigenvalue weighted by Gasteiger charge is -2.26. The van der Waals surface area contributed by atoms with Gasteiger partial charge in [-0.25, -0.2) is 14.5 Å². The zero-order chi connectivity index (χ0) is 17.4. The molecule has 6 nitrogen and oxygen atoms in total. The van der Waals surface area contributed by atoms with Crippen LogP contribution in [-0.4, -0.2) is 25.4 Å². The molecule has 0 radical (unpaired) electrons. The summed E-state index contributed by atoms with van der Waals surface area (Å²) in [4.78, 5) is 28.7. The fourth-order valence-corrected chi connectivity index (χ4v) is 3.69. The van der Waals surface area contributed by atoms with Crippen LogP contribution in [0.3, 0.4) is 0 Å². The Morgan fingerprint density at radius 2 is 1.84 bits per heavy atom. The van der Waals surface area contributed by atoms with Crippen LogP contribution in [-0.2, 0) is 0 Å². The molecule has 0 amide bonds. The van der Waals surface area contributed by atoms with E-state index < -0.39 is 5.97 Å². The van der Waals surface area contributed by atoms with Crippen molar-refractivity contribution in [3.05, 3.63) is 58.5 Å². The van der Waals surface area contributed by atoms with E-state index in [0.29, 0.717) is 11.0 Å². The molecule has 25 heavy (non-hydrogen) atoms. The van der Waals surface area contributed by atoms with Gasteiger partial charge in [0.15, 0.2) is 5.65 Å². The van der Waals surface area contributed by atoms with Gasteiger partial charge in [0.25, 0.3) is 5.56 Å². The zero-order valence-corrected chi connectivity index (χ0v) is 13.8. The Morgan fingerprint density at radius 1 is 1.12 bits per heavy atom. The van der Waals surface area contributed by atoms with Crippen LogP contribution in [0.2, 0.25) is 0 Å². The van der Waals surface area contributed by atoms with Gasteiger partial charge >= 0.3 is 5.97 Å². The first-order chi connectivity index (χ1) is 12.2. The van der Waals surface area contributed by atoms with Crippen LogP contribution in [0.15, 0.2) is 47.4 Å². The Balaban J connectivity index is 2.02. The molecule has 0 atom stereocenters. The smallest absolute Gasteiger partial charge is 0.337 e. The van der Waals surface area contributed by atoms with E-state index in [2.05, 4.69) is 4.98 Å². The SMILES string of the molecule is O=C(O)c1cnc2c(c1)c(=O)n(-c1ccccc1)n2C1CCCCC1. The van der Waals surface area contributed by atoms with Gasteiger partial charge in [0, 0.05) is 6.20 Å². The first-order valence-electron chi connectivity index (χ1n) is 8.59. The van der Waals surface area contributed by atoms with E-state index in [4.69, 9.17) is 0 Å². The largest absolute Gasteiger partial charge is 0.478 e. The molecule has 1 fully saturated rings. The average Bonchev–Trinajstić information content (AvgIpc) is 2.95. The lowest BCUT2D eigenvalue weighted by atomic mass is 9.95. The predicted octanol–water partition coefficient (Wildman–Crippen LogP) is 3.39. The molecule has 1 aliphatic carbocycles. The number of nitrogens with zero attached hydrogens (tertiary/aromatic N) is 3. The highest BCUT2D eigenvalue weighted by atomic mass is 16.4. The van der Waals surface area contributed by atoms with Crippen LogP contribution in [0.5, 0.6) is 0 Å². The number of para-hydroxylation sites is 1. The minimum atomic E-state index is -1.08. The lowest BCUT2D eigenvalue weighted by Crippen LogP contribution is -2.25. The molecule has 1 aliphatic rings. The molecule has 4 rings (SSSR count). The van der Waals surface area contributed by atoms with Crippen molar-refractivity contribution in [2.75, 3.05) is 0 Å². The maximum atomic E-state index is 13.1. The first kappa shape index (κ1) is 15.6. The second kappa shape index (κ2) is 6.20. The normalized spacial score (nSPS) is 15.5. The molecule has 2 aromatic heterocycles. The molecule has 1 aromatic carbocycles. The van der Waals surface area contributed by atoms with Crippen molar-refractivity contribution < 1.29 is 9.90 Å². The number of pyridine rings is 1. The molecular formula is C19H19N3O3. The molecule has 1 saturated carbocycles. The van der Waals surface area contributed by atoms with E-state index in [-0.39, 0.29) is 17.2 Å². The average molecular weight is 337 g/mol. The van der Waals surface area contributed by atoms with Gasteiger partial charge in [-0.05, 0) is 31.0 Å². The lowest BCUT2D eigenvalue weighted by molar-refractivity contribution is 0.0696. The van der Waals surface area contributed by atoms with Crippen molar-refractivity contribution in [2.45, 2.75) is 38.1 Å². The summed E-state index contributed by atoms with van der Waals surface area (Å²) in [7, 11) is 0. The number of aromatic nitrogens is 3. The molecule has 2 heterocycles. The number of aromatic carboxylic acids is 1. The number of carboxylic acid groups (broad SMARTS) is 1. The highest BCUT2D eigenvalue weighted by molar-refractivity contribution is 5.91. The van der Waals surface area contributed by atoms with Crippen LogP contribution >= 0.6 is 0 Å². The second-order valence-corrected chi connectivity index (χ2v) is 6.49. The van der Waals surface area contributed by atoms with Crippen molar-refractivity contribution in [1.29, 1.82) is 0 Å². The third kappa shape index (κ3) is 2.63. The topological polar surface area (TPSA) is 77.1 Å². The summed E-state index contributed by atoms with van der Waals surface area (Å²) in [5.74, 6) is -1.08. The third-order valence-electron chi connectivity index (χ3n) is 4.89. The summed E-state index contributed by atoms with van der Waals surface area (Å²) in [6, 6.07) is 11.1. The minimum absolute atomic E-state index is 0.0330. The van der Waals surface area contributed by atoms with Crippen LogP contribution < -0.4 is 5.56 Å². The van der Waals surface area contributed by atoms with Crippen LogP contribution in [0.25, 0.3) is 16.7 Å². The summed E-state index contributed by atoms with van der Waals surface area (Å²) in [6.45, 7) is 0. The van der Waals surface area contributed by atoms with Crippen molar-refractivity contribution in [3.8, 4) is 5.69 Å². The van der Waals surface area contributed by atoms with Gasteiger partial charge in [0.05, 0.1) is 22.7 Å². The molecule has 3 aromatic rings. The van der Waals surface area contributed by atoms with Crippen LogP contribution in [0.1, 0.15) is 48.5 Å². The first-order valence-corrected chi connectivity index (χ1v) is 8.59. The van der Waals surface area contributed by atoms with E-state index in [9.17, 15) is 14.7 Å². The van der Waals surface area contributed by atoms with Gasteiger partial charge in [0.2, 0.25) is 0 Å². The summed E-state index contributed by atoms with van der Waals surface area (Å²) < 4.78 is 3.62. The number of fused-ring (bicyclic) bond motifs is 1. The Labute approximate surface area is 144 Å². The van der Waals surface area contributed by atoms with Gasteiger partial charge in [-0.3, -0.25) is 9.48 Å². The number of carboxylic acids is 1. The molecule has 128 valence electrons. The van der Waals surface area contributed by atoms with Gasteiger partial charge in [0.1, 0.15) is 0 Å². The number of hydrogen-bond donors (Lipinski definition) is 1. The fraction of sp³-hybridized carbons (Fsp3) is 0.316. The zero-order valence-electron chi connectivity index (χ0n) is 13.8. The van der Waals surface area contributed by atoms with Crippen LogP contribution in [0.4, 0.5) is 0 Å². The van der Waals surface area contributed by atoms with Gasteiger partial charge in [-0.1, -0.05) is 37.5 Å². The molecule has 0 spiro atoms. The summed E-state index contributed by atoms with van der Waals surface area (Å²) in [5.41, 5.74) is 1.15. The van der Waals surface area contributed by atoms with Crippen molar-refractivity contribution in [2.24, 2.45) is 0 Å². The standard InChI is InChI=1S/C19H19N3O3/c23-18-16-11-13(19(24)25)12-20-17(16)21(14-7-3-1-4-8-14)22(18)15-9-5-2-6-10-15/h2,5-6,9-12,14H,1,3-4,7-8H2,(H,24,25). The van der Waals surface area contributed by atoms with Gasteiger partial charge < -0.3 is 5.11 Å². The molecular weight excluding hydrogens is 318 g/mol. The minimum Gasteiger partial charge on any atom is -0.478 e. The number of carbonyl (C=O) groups is 1. The maximum Gasteiger partial charge on any atom is 0.337 e. The van der Waals surface area contributed by atoms with Crippen LogP contribution in [0, 0.1) is 0 Å². The molecule has 0 bridgehead atoms. The maximum absolute atomic E-state index is 13.1. The second-order valence-electron chi connectivity index (χ2n) is 6.49. The highest BCUT2D eigenvalue weighted by Gasteiger charge is 2.24. The molecule has 0 aliphatic heterocycles. The van der Waals surface area contributed by atoms with E-state index in [1.165, 1.54) is 18.7 Å². The van der Waals surface area contributed by atoms with Gasteiger partial charge in [-0.2, -0.15) is 0 Å². The molecule has 0 unspecified atom stereocenters. The number of hydrogen-bond acceptors (Lipinski definition) is 3. The Bertz CT molecular complexity index is 982. The highest BCUT2D eigenvalue weighted by Crippen LogP contribution is 2.31. The molecule has 1 N–H and O–H groups in total. The van der Waals surface area contributed by atoms with Gasteiger partial charge in [-0.15, -0.1) is 0 Å². The fourth-order valence-electron chi connectivity index (χ4n) is 3.69. The predicted molar refractivity (Wildman–Crippen MR) is 94.4 cm³/mol. The Kier molecular flexibility index (Phi) is 3.87. The molecule has 0 saturated heterocycles. The van der Waals surface area contributed by atoms with Crippen molar-refractivity contribution >= 4 is 17.0 Å². The molecule has 6 heteroatoms. The summed E-state index contributed by atoms with van der Waals surface area (Å²) in [6.07, 6.45) is 6.79. The van der Waals surface area contributed by atoms with E-state index in [1.54, 1.807) is 4.68 Å². The van der Waals surface area contributed by atoms with E-state index >= 15 is 0 Å². The number of rotatable bonds is 3. The van der Waals surface area contributed by atoms with Crippen molar-refractivity contribution in [1.82, 2.24) is 14.3 Å².